The van der Waals surface area contributed by atoms with E-state index in [1.807, 2.05) is 0 Å². The Morgan fingerprint density at radius 2 is 1.85 bits per heavy atom. The molecule has 2 aromatic carbocycles. The van der Waals surface area contributed by atoms with Crippen LogP contribution in [-0.2, 0) is 16.1 Å². The first-order valence-corrected chi connectivity index (χ1v) is 10.1. The van der Waals surface area contributed by atoms with Crippen LogP contribution in [0.2, 0.25) is 0 Å². The summed E-state index contributed by atoms with van der Waals surface area (Å²) in [4.78, 5) is 27.4. The van der Waals surface area contributed by atoms with Gasteiger partial charge >= 0.3 is 0 Å². The molecule has 1 aromatic heterocycles. The van der Waals surface area contributed by atoms with Crippen molar-refractivity contribution in [2.75, 3.05) is 14.2 Å². The number of nitrogens with zero attached hydrogens (tertiary/aromatic N) is 1. The SMILES string of the molecule is COc1ccc(C2C(=C(O)c3ccc(C)c(F)c3)C(=O)C(=O)N2Cc2ccco2)cc1OC. The summed E-state index contributed by atoms with van der Waals surface area (Å²) in [6.07, 6.45) is 1.46. The van der Waals surface area contributed by atoms with Gasteiger partial charge in [-0.05, 0) is 48.4 Å². The van der Waals surface area contributed by atoms with Crippen LogP contribution < -0.4 is 9.47 Å². The standard InChI is InChI=1S/C25H22FNO6/c1-14-6-7-16(11-18(14)26)23(28)21-22(15-8-9-19(31-2)20(12-15)32-3)27(25(30)24(21)29)13-17-5-4-10-33-17/h4-12,22,28H,13H2,1-3H3. The molecule has 33 heavy (non-hydrogen) atoms. The first kappa shape index (κ1) is 22.1. The molecule has 0 radical (unpaired) electrons. The molecule has 1 aliphatic rings. The molecule has 1 amide bonds. The highest BCUT2D eigenvalue weighted by molar-refractivity contribution is 6.46. The largest absolute Gasteiger partial charge is 0.507 e. The molecule has 7 nitrogen and oxygen atoms in total. The first-order chi connectivity index (χ1) is 15.8. The van der Waals surface area contributed by atoms with E-state index in [9.17, 15) is 19.1 Å². The van der Waals surface area contributed by atoms with Gasteiger partial charge in [0.15, 0.2) is 11.5 Å². The second kappa shape index (κ2) is 8.82. The van der Waals surface area contributed by atoms with E-state index in [0.717, 1.165) is 6.07 Å². The zero-order valence-electron chi connectivity index (χ0n) is 18.3. The fourth-order valence-corrected chi connectivity index (χ4v) is 3.88. The topological polar surface area (TPSA) is 89.2 Å². The van der Waals surface area contributed by atoms with Gasteiger partial charge in [-0.15, -0.1) is 0 Å². The van der Waals surface area contributed by atoms with Gasteiger partial charge in [-0.25, -0.2) is 4.39 Å². The summed E-state index contributed by atoms with van der Waals surface area (Å²) in [6, 6.07) is 11.5. The van der Waals surface area contributed by atoms with Crippen molar-refractivity contribution in [3.8, 4) is 11.5 Å². The third-order valence-corrected chi connectivity index (χ3v) is 5.61. The number of methoxy groups -OCH3 is 2. The minimum atomic E-state index is -0.959. The highest BCUT2D eigenvalue weighted by Gasteiger charge is 2.46. The molecule has 4 rings (SSSR count). The summed E-state index contributed by atoms with van der Waals surface area (Å²) in [5, 5.41) is 11.1. The van der Waals surface area contributed by atoms with Crippen LogP contribution in [0.5, 0.6) is 11.5 Å². The summed E-state index contributed by atoms with van der Waals surface area (Å²) in [5.41, 5.74) is 0.843. The third kappa shape index (κ3) is 3.95. The first-order valence-electron chi connectivity index (χ1n) is 10.1. The van der Waals surface area contributed by atoms with Crippen LogP contribution in [0.15, 0.2) is 64.8 Å². The van der Waals surface area contributed by atoms with Crippen molar-refractivity contribution in [1.29, 1.82) is 0 Å². The summed E-state index contributed by atoms with van der Waals surface area (Å²) >= 11 is 0. The van der Waals surface area contributed by atoms with Gasteiger partial charge in [-0.2, -0.15) is 0 Å². The smallest absolute Gasteiger partial charge is 0.296 e. The number of rotatable bonds is 6. The van der Waals surface area contributed by atoms with Crippen LogP contribution in [0, 0.1) is 12.7 Å². The molecule has 0 spiro atoms. The maximum atomic E-state index is 14.2. The number of amides is 1. The Hall–Kier alpha value is -4.07. The molecule has 1 fully saturated rings. The molecule has 1 atom stereocenters. The molecular weight excluding hydrogens is 429 g/mol. The van der Waals surface area contributed by atoms with Crippen molar-refractivity contribution < 1.29 is 33.0 Å². The number of carbonyl (C=O) groups is 2. The Labute approximate surface area is 189 Å². The molecule has 8 heteroatoms. The van der Waals surface area contributed by atoms with E-state index < -0.39 is 29.3 Å². The second-order valence-electron chi connectivity index (χ2n) is 7.58. The second-order valence-corrected chi connectivity index (χ2v) is 7.58. The lowest BCUT2D eigenvalue weighted by Crippen LogP contribution is -2.29. The van der Waals surface area contributed by atoms with Crippen LogP contribution >= 0.6 is 0 Å². The number of benzene rings is 2. The normalized spacial score (nSPS) is 17.5. The molecular formula is C25H22FNO6. The van der Waals surface area contributed by atoms with Gasteiger partial charge in [0.05, 0.1) is 38.6 Å². The fourth-order valence-electron chi connectivity index (χ4n) is 3.88. The van der Waals surface area contributed by atoms with Crippen LogP contribution in [0.1, 0.15) is 28.5 Å². The number of halogens is 1. The van der Waals surface area contributed by atoms with Gasteiger partial charge in [0.25, 0.3) is 11.7 Å². The predicted molar refractivity (Wildman–Crippen MR) is 117 cm³/mol. The summed E-state index contributed by atoms with van der Waals surface area (Å²) in [6.45, 7) is 1.58. The highest BCUT2D eigenvalue weighted by atomic mass is 19.1. The minimum absolute atomic E-state index is 0.00434. The number of aliphatic hydroxyl groups excluding tert-OH is 1. The van der Waals surface area contributed by atoms with Crippen LogP contribution in [-0.4, -0.2) is 35.9 Å². The van der Waals surface area contributed by atoms with E-state index in [-0.39, 0.29) is 17.7 Å². The molecule has 1 N–H and O–H groups in total. The molecule has 0 saturated carbocycles. The lowest BCUT2D eigenvalue weighted by molar-refractivity contribution is -0.140. The molecule has 170 valence electrons. The number of aryl methyl sites for hydroxylation is 1. The van der Waals surface area contributed by atoms with E-state index in [1.54, 1.807) is 37.3 Å². The maximum absolute atomic E-state index is 14.2. The van der Waals surface area contributed by atoms with Crippen molar-refractivity contribution in [1.82, 2.24) is 4.90 Å². The van der Waals surface area contributed by atoms with Gasteiger partial charge in [-0.3, -0.25) is 9.59 Å². The number of likely N-dealkylation sites (tertiary alicyclic amines) is 1. The molecule has 0 bridgehead atoms. The lowest BCUT2D eigenvalue weighted by atomic mass is 9.94. The molecule has 2 heterocycles. The average Bonchev–Trinajstić information content (AvgIpc) is 3.42. The van der Waals surface area contributed by atoms with Gasteiger partial charge in [-0.1, -0.05) is 18.2 Å². The number of aliphatic hydroxyl groups is 1. The monoisotopic (exact) mass is 451 g/mol. The quantitative estimate of drug-likeness (QED) is 0.340. The summed E-state index contributed by atoms with van der Waals surface area (Å²) < 4.78 is 30.2. The van der Waals surface area contributed by atoms with E-state index in [2.05, 4.69) is 0 Å². The van der Waals surface area contributed by atoms with Crippen LogP contribution in [0.3, 0.4) is 0 Å². The van der Waals surface area contributed by atoms with Gasteiger partial charge in [0, 0.05) is 5.56 Å². The van der Waals surface area contributed by atoms with Crippen molar-refractivity contribution in [3.63, 3.8) is 0 Å². The van der Waals surface area contributed by atoms with Crippen molar-refractivity contribution in [2.24, 2.45) is 0 Å². The average molecular weight is 451 g/mol. The van der Waals surface area contributed by atoms with E-state index >= 15 is 0 Å². The number of hydrogen-bond acceptors (Lipinski definition) is 6. The van der Waals surface area contributed by atoms with Crippen molar-refractivity contribution >= 4 is 17.4 Å². The molecule has 0 aliphatic carbocycles. The van der Waals surface area contributed by atoms with Crippen LogP contribution in [0.4, 0.5) is 4.39 Å². The molecule has 1 aliphatic heterocycles. The number of ketones is 1. The van der Waals surface area contributed by atoms with Gasteiger partial charge < -0.3 is 23.9 Å². The molecule has 1 unspecified atom stereocenters. The Balaban J connectivity index is 1.90. The minimum Gasteiger partial charge on any atom is -0.507 e. The van der Waals surface area contributed by atoms with E-state index in [1.165, 1.54) is 37.5 Å². The Bertz CT molecular complexity index is 1250. The van der Waals surface area contributed by atoms with Crippen molar-refractivity contribution in [3.05, 3.63) is 88.6 Å². The predicted octanol–water partition coefficient (Wildman–Crippen LogP) is 4.37. The number of carbonyl (C=O) groups excluding carboxylic acids is 2. The third-order valence-electron chi connectivity index (χ3n) is 5.61. The fraction of sp³-hybridized carbons (Fsp3) is 0.200. The number of furan rings is 1. The molecule has 3 aromatic rings. The highest BCUT2D eigenvalue weighted by Crippen LogP contribution is 2.42. The molecule has 1 saturated heterocycles. The maximum Gasteiger partial charge on any atom is 0.296 e. The summed E-state index contributed by atoms with van der Waals surface area (Å²) in [7, 11) is 2.96. The Morgan fingerprint density at radius 3 is 2.48 bits per heavy atom. The van der Waals surface area contributed by atoms with Gasteiger partial charge in [0.2, 0.25) is 0 Å². The van der Waals surface area contributed by atoms with Crippen molar-refractivity contribution in [2.45, 2.75) is 19.5 Å². The zero-order valence-corrected chi connectivity index (χ0v) is 18.3. The lowest BCUT2D eigenvalue weighted by Gasteiger charge is -2.25. The number of Topliss-reactive ketones (excluding diaryl/α,β-unsaturated/α-hetero) is 1. The van der Waals surface area contributed by atoms with E-state index in [4.69, 9.17) is 13.9 Å². The van der Waals surface area contributed by atoms with E-state index in [0.29, 0.717) is 28.4 Å². The van der Waals surface area contributed by atoms with Crippen LogP contribution in [0.25, 0.3) is 5.76 Å². The Morgan fingerprint density at radius 1 is 1.09 bits per heavy atom. The summed E-state index contributed by atoms with van der Waals surface area (Å²) in [5.74, 6) is -1.37. The number of hydrogen-bond donors (Lipinski definition) is 1. The Kier molecular flexibility index (Phi) is 5.91. The number of ether oxygens (including phenoxy) is 2. The van der Waals surface area contributed by atoms with Gasteiger partial charge in [0.1, 0.15) is 17.3 Å². The zero-order chi connectivity index (χ0) is 23.7.